The molecule has 2 aromatic carbocycles. The molecule has 1 aliphatic carbocycles. The maximum absolute atomic E-state index is 12.7. The van der Waals surface area contributed by atoms with Crippen LogP contribution < -0.4 is 0 Å². The zero-order chi connectivity index (χ0) is 16.0. The van der Waals surface area contributed by atoms with Gasteiger partial charge in [0.05, 0.1) is 17.3 Å². The summed E-state index contributed by atoms with van der Waals surface area (Å²) >= 11 is 0. The predicted molar refractivity (Wildman–Crippen MR) is 79.4 cm³/mol. The number of hydrogen-bond donors (Lipinski definition) is 0. The minimum absolute atomic E-state index is 0.0380. The fourth-order valence-electron chi connectivity index (χ4n) is 2.66. The average Bonchev–Trinajstić information content (AvgIpc) is 3.05. The van der Waals surface area contributed by atoms with Crippen molar-refractivity contribution in [3.05, 3.63) is 76.6 Å². The fourth-order valence-corrected chi connectivity index (χ4v) is 2.66. The molecule has 1 heterocycles. The van der Waals surface area contributed by atoms with Crippen molar-refractivity contribution in [3.63, 3.8) is 0 Å². The Morgan fingerprint density at radius 3 is 2.43 bits per heavy atom. The van der Waals surface area contributed by atoms with Gasteiger partial charge in [0.1, 0.15) is 5.69 Å². The Balaban J connectivity index is 1.95. The molecule has 4 rings (SSSR count). The van der Waals surface area contributed by atoms with Gasteiger partial charge in [0.2, 0.25) is 11.6 Å². The van der Waals surface area contributed by atoms with Crippen LogP contribution in [0.5, 0.6) is 0 Å². The van der Waals surface area contributed by atoms with Gasteiger partial charge < -0.3 is 0 Å². The van der Waals surface area contributed by atoms with Crippen LogP contribution in [0.1, 0.15) is 37.7 Å². The Kier molecular flexibility index (Phi) is 2.68. The highest BCUT2D eigenvalue weighted by Gasteiger charge is 2.35. The highest BCUT2D eigenvalue weighted by Crippen LogP contribution is 2.27. The van der Waals surface area contributed by atoms with E-state index in [-0.39, 0.29) is 23.0 Å². The summed E-state index contributed by atoms with van der Waals surface area (Å²) in [4.78, 5) is 25.2. The maximum atomic E-state index is 12.7. The lowest BCUT2D eigenvalue weighted by molar-refractivity contribution is 0.0972. The van der Waals surface area contributed by atoms with Gasteiger partial charge in [-0.15, -0.1) is 5.10 Å². The second-order valence-electron chi connectivity index (χ2n) is 5.06. The van der Waals surface area contributed by atoms with E-state index in [2.05, 4.69) is 10.3 Å². The molecule has 3 aromatic rings. The van der Waals surface area contributed by atoms with Gasteiger partial charge in [0.15, 0.2) is 5.69 Å². The molecule has 0 radical (unpaired) electrons. The molecule has 0 N–H and O–H groups in total. The van der Waals surface area contributed by atoms with Crippen LogP contribution in [-0.2, 0) is 0 Å². The van der Waals surface area contributed by atoms with Crippen LogP contribution in [0.25, 0.3) is 5.69 Å². The van der Waals surface area contributed by atoms with Crippen molar-refractivity contribution in [3.8, 4) is 11.8 Å². The van der Waals surface area contributed by atoms with Crippen LogP contribution in [0.15, 0.2) is 48.5 Å². The van der Waals surface area contributed by atoms with E-state index >= 15 is 0 Å². The molecule has 0 fully saturated rings. The number of benzene rings is 2. The van der Waals surface area contributed by atoms with Crippen molar-refractivity contribution in [1.82, 2.24) is 15.0 Å². The number of fused-ring (bicyclic) bond motifs is 2. The monoisotopic (exact) mass is 300 g/mol. The topological polar surface area (TPSA) is 88.6 Å². The molecule has 0 saturated heterocycles. The van der Waals surface area contributed by atoms with Gasteiger partial charge in [-0.2, -0.15) is 5.26 Å². The molecular weight excluding hydrogens is 292 g/mol. The second-order valence-corrected chi connectivity index (χ2v) is 5.06. The van der Waals surface area contributed by atoms with Crippen molar-refractivity contribution in [2.24, 2.45) is 0 Å². The normalized spacial score (nSPS) is 12.5. The second kappa shape index (κ2) is 4.71. The number of carbonyl (C=O) groups excluding carboxylic acids is 2. The van der Waals surface area contributed by atoms with E-state index in [9.17, 15) is 9.59 Å². The third-order valence-corrected chi connectivity index (χ3v) is 3.74. The van der Waals surface area contributed by atoms with Crippen LogP contribution in [-0.4, -0.2) is 26.6 Å². The molecule has 0 amide bonds. The first-order chi connectivity index (χ1) is 11.2. The summed E-state index contributed by atoms with van der Waals surface area (Å²) in [5, 5.41) is 16.8. The highest BCUT2D eigenvalue weighted by atomic mass is 16.1. The molecule has 0 unspecified atom stereocenters. The van der Waals surface area contributed by atoms with Gasteiger partial charge in [-0.25, -0.2) is 4.68 Å². The molecule has 0 aliphatic heterocycles. The van der Waals surface area contributed by atoms with Crippen LogP contribution >= 0.6 is 0 Å². The number of aromatic nitrogens is 3. The van der Waals surface area contributed by atoms with Crippen molar-refractivity contribution >= 4 is 11.6 Å². The minimum Gasteiger partial charge on any atom is -0.287 e. The summed E-state index contributed by atoms with van der Waals surface area (Å²) in [7, 11) is 0. The van der Waals surface area contributed by atoms with Crippen LogP contribution in [0.3, 0.4) is 0 Å². The lowest BCUT2D eigenvalue weighted by Gasteiger charge is -2.14. The number of ketones is 2. The Morgan fingerprint density at radius 1 is 0.957 bits per heavy atom. The number of hydrogen-bond acceptors (Lipinski definition) is 5. The van der Waals surface area contributed by atoms with Gasteiger partial charge in [0.25, 0.3) is 0 Å². The SMILES string of the molecule is N#Cc1cccc(-n2nnc3c2C(=O)c2ccccc2C3=O)c1. The van der Waals surface area contributed by atoms with Gasteiger partial charge in [0, 0.05) is 11.1 Å². The Hall–Kier alpha value is -3.59. The first-order valence-corrected chi connectivity index (χ1v) is 6.85. The first kappa shape index (κ1) is 13.1. The number of nitriles is 1. The molecule has 0 spiro atoms. The summed E-state index contributed by atoms with van der Waals surface area (Å²) < 4.78 is 1.31. The summed E-state index contributed by atoms with van der Waals surface area (Å²) in [6.45, 7) is 0. The van der Waals surface area contributed by atoms with Gasteiger partial charge in [-0.3, -0.25) is 9.59 Å². The zero-order valence-electron chi connectivity index (χ0n) is 11.7. The lowest BCUT2D eigenvalue weighted by Crippen LogP contribution is -2.23. The summed E-state index contributed by atoms with van der Waals surface area (Å²) in [5.74, 6) is -0.625. The van der Waals surface area contributed by atoms with Crippen LogP contribution in [0.2, 0.25) is 0 Å². The summed E-state index contributed by atoms with van der Waals surface area (Å²) in [5.41, 5.74) is 1.78. The largest absolute Gasteiger partial charge is 0.287 e. The Bertz CT molecular complexity index is 1030. The smallest absolute Gasteiger partial charge is 0.216 e. The quantitative estimate of drug-likeness (QED) is 0.536. The van der Waals surface area contributed by atoms with Gasteiger partial charge in [-0.1, -0.05) is 35.5 Å². The molecule has 6 nitrogen and oxygen atoms in total. The molecule has 0 bridgehead atoms. The van der Waals surface area contributed by atoms with Gasteiger partial charge in [-0.05, 0) is 18.2 Å². The molecule has 23 heavy (non-hydrogen) atoms. The number of carbonyl (C=O) groups is 2. The molecule has 1 aliphatic rings. The summed E-state index contributed by atoms with van der Waals surface area (Å²) in [6, 6.07) is 15.3. The number of nitrogens with zero attached hydrogens (tertiary/aromatic N) is 4. The molecule has 1 aromatic heterocycles. The highest BCUT2D eigenvalue weighted by molar-refractivity contribution is 6.27. The molecular formula is C17H8N4O2. The Morgan fingerprint density at radius 2 is 1.70 bits per heavy atom. The third kappa shape index (κ3) is 1.80. The fraction of sp³-hybridized carbons (Fsp3) is 0. The maximum Gasteiger partial charge on any atom is 0.216 e. The van der Waals surface area contributed by atoms with Gasteiger partial charge >= 0.3 is 0 Å². The first-order valence-electron chi connectivity index (χ1n) is 6.85. The molecule has 108 valence electrons. The summed E-state index contributed by atoms with van der Waals surface area (Å²) in [6.07, 6.45) is 0. The standard InChI is InChI=1S/C17H8N4O2/c18-9-10-4-3-5-11(8-10)21-15-14(19-20-21)16(22)12-6-1-2-7-13(12)17(15)23/h1-8H. The van der Waals surface area contributed by atoms with Crippen molar-refractivity contribution in [2.45, 2.75) is 0 Å². The minimum atomic E-state index is -0.321. The van der Waals surface area contributed by atoms with E-state index in [1.54, 1.807) is 48.5 Å². The van der Waals surface area contributed by atoms with E-state index in [4.69, 9.17) is 5.26 Å². The van der Waals surface area contributed by atoms with Crippen molar-refractivity contribution < 1.29 is 9.59 Å². The Labute approximate surface area is 130 Å². The average molecular weight is 300 g/mol. The van der Waals surface area contributed by atoms with E-state index in [0.29, 0.717) is 22.4 Å². The lowest BCUT2D eigenvalue weighted by atomic mass is 9.90. The van der Waals surface area contributed by atoms with E-state index in [1.807, 2.05) is 6.07 Å². The van der Waals surface area contributed by atoms with E-state index in [0.717, 1.165) is 0 Å². The van der Waals surface area contributed by atoms with Crippen LogP contribution in [0, 0.1) is 11.3 Å². The predicted octanol–water partition coefficient (Wildman–Crippen LogP) is 1.91. The number of rotatable bonds is 1. The molecule has 6 heteroatoms. The zero-order valence-corrected chi connectivity index (χ0v) is 11.7. The van der Waals surface area contributed by atoms with Crippen LogP contribution in [0.4, 0.5) is 0 Å². The van der Waals surface area contributed by atoms with E-state index in [1.165, 1.54) is 4.68 Å². The van der Waals surface area contributed by atoms with E-state index < -0.39 is 0 Å². The van der Waals surface area contributed by atoms with Crippen molar-refractivity contribution in [2.75, 3.05) is 0 Å². The third-order valence-electron chi connectivity index (χ3n) is 3.74. The molecule has 0 atom stereocenters. The molecule has 0 saturated carbocycles. The van der Waals surface area contributed by atoms with Crippen molar-refractivity contribution in [1.29, 1.82) is 5.26 Å².